The van der Waals surface area contributed by atoms with Gasteiger partial charge in [-0.15, -0.1) is 11.3 Å². The molecule has 1 heterocycles. The van der Waals surface area contributed by atoms with Gasteiger partial charge < -0.3 is 0 Å². The summed E-state index contributed by atoms with van der Waals surface area (Å²) in [4.78, 5) is 1.17. The molecule has 1 aromatic rings. The van der Waals surface area contributed by atoms with Crippen molar-refractivity contribution in [3.63, 3.8) is 0 Å². The van der Waals surface area contributed by atoms with Gasteiger partial charge in [0.15, 0.2) is 0 Å². The van der Waals surface area contributed by atoms with E-state index in [4.69, 9.17) is 5.84 Å². The van der Waals surface area contributed by atoms with Crippen LogP contribution in [0.4, 0.5) is 0 Å². The zero-order chi connectivity index (χ0) is 8.27. The molecular weight excluding hydrogens is 226 g/mol. The predicted octanol–water partition coefficient (Wildman–Crippen LogP) is 1.19. The van der Waals surface area contributed by atoms with Crippen molar-refractivity contribution in [2.24, 2.45) is 5.84 Å². The Bertz CT molecular complexity index is 221. The molecule has 3 nitrogen and oxygen atoms in total. The van der Waals surface area contributed by atoms with Crippen LogP contribution in [-0.4, -0.2) is 7.05 Å². The van der Waals surface area contributed by atoms with Crippen molar-refractivity contribution in [3.05, 3.63) is 20.8 Å². The molecule has 1 rings (SSSR count). The Morgan fingerprint density at radius 2 is 2.45 bits per heavy atom. The first-order valence-corrected chi connectivity index (χ1v) is 4.82. The van der Waals surface area contributed by atoms with Crippen molar-refractivity contribution in [1.82, 2.24) is 10.7 Å². The number of hydrogen-bond acceptors (Lipinski definition) is 4. The second-order valence-electron chi connectivity index (χ2n) is 2.06. The Morgan fingerprint density at radius 1 is 1.73 bits per heavy atom. The van der Waals surface area contributed by atoms with Gasteiger partial charge in [-0.3, -0.25) is 11.2 Å². The van der Waals surface area contributed by atoms with Crippen molar-refractivity contribution in [2.45, 2.75) is 6.17 Å². The van der Waals surface area contributed by atoms with Gasteiger partial charge >= 0.3 is 0 Å². The molecule has 0 aliphatic rings. The lowest BCUT2D eigenvalue weighted by atomic mass is 10.4. The molecular formula is C6H10BrN3S. The van der Waals surface area contributed by atoms with E-state index in [9.17, 15) is 0 Å². The highest BCUT2D eigenvalue weighted by molar-refractivity contribution is 9.10. The summed E-state index contributed by atoms with van der Waals surface area (Å²) in [5, 5.41) is 5.06. The van der Waals surface area contributed by atoms with Crippen LogP contribution < -0.4 is 16.6 Å². The molecule has 5 heteroatoms. The van der Waals surface area contributed by atoms with E-state index in [1.807, 2.05) is 18.5 Å². The van der Waals surface area contributed by atoms with Gasteiger partial charge in [0.25, 0.3) is 0 Å². The van der Waals surface area contributed by atoms with Crippen molar-refractivity contribution in [3.8, 4) is 0 Å². The van der Waals surface area contributed by atoms with Crippen molar-refractivity contribution in [2.75, 3.05) is 7.05 Å². The average Bonchev–Trinajstić information content (AvgIpc) is 2.39. The third-order valence-corrected chi connectivity index (χ3v) is 3.09. The van der Waals surface area contributed by atoms with E-state index < -0.39 is 0 Å². The SMILES string of the molecule is CNC(NN)c1cc(Br)cs1. The third kappa shape index (κ3) is 2.25. The van der Waals surface area contributed by atoms with E-state index in [1.54, 1.807) is 11.3 Å². The summed E-state index contributed by atoms with van der Waals surface area (Å²) >= 11 is 5.03. The molecule has 0 aliphatic heterocycles. The molecule has 11 heavy (non-hydrogen) atoms. The molecule has 0 fully saturated rings. The average molecular weight is 236 g/mol. The molecule has 1 atom stereocenters. The molecule has 0 bridgehead atoms. The molecule has 0 amide bonds. The topological polar surface area (TPSA) is 50.1 Å². The van der Waals surface area contributed by atoms with Crippen LogP contribution in [0.2, 0.25) is 0 Å². The fraction of sp³-hybridized carbons (Fsp3) is 0.333. The molecule has 0 saturated carbocycles. The van der Waals surface area contributed by atoms with Crippen LogP contribution in [0.3, 0.4) is 0 Å². The Balaban J connectivity index is 2.73. The highest BCUT2D eigenvalue weighted by Gasteiger charge is 2.07. The van der Waals surface area contributed by atoms with Crippen molar-refractivity contribution < 1.29 is 0 Å². The summed E-state index contributed by atoms with van der Waals surface area (Å²) < 4.78 is 1.09. The van der Waals surface area contributed by atoms with Gasteiger partial charge in [-0.05, 0) is 29.0 Å². The number of nitrogens with one attached hydrogen (secondary N) is 2. The summed E-state index contributed by atoms with van der Waals surface area (Å²) in [5.41, 5.74) is 2.66. The van der Waals surface area contributed by atoms with E-state index >= 15 is 0 Å². The molecule has 0 saturated heterocycles. The first-order valence-electron chi connectivity index (χ1n) is 3.15. The number of thiophene rings is 1. The molecule has 62 valence electrons. The second-order valence-corrected chi connectivity index (χ2v) is 3.91. The van der Waals surface area contributed by atoms with E-state index in [0.29, 0.717) is 0 Å². The van der Waals surface area contributed by atoms with Gasteiger partial charge in [-0.25, -0.2) is 5.43 Å². The Hall–Kier alpha value is 0.0600. The Labute approximate surface area is 78.1 Å². The van der Waals surface area contributed by atoms with Gasteiger partial charge in [-0.1, -0.05) is 0 Å². The van der Waals surface area contributed by atoms with Crippen molar-refractivity contribution >= 4 is 27.3 Å². The van der Waals surface area contributed by atoms with Gasteiger partial charge in [0.2, 0.25) is 0 Å². The minimum absolute atomic E-state index is 0.0475. The summed E-state index contributed by atoms with van der Waals surface area (Å²) in [6, 6.07) is 2.03. The quantitative estimate of drug-likeness (QED) is 0.420. The molecule has 1 unspecified atom stereocenters. The van der Waals surface area contributed by atoms with E-state index in [2.05, 4.69) is 26.7 Å². The smallest absolute Gasteiger partial charge is 0.105 e. The minimum atomic E-state index is 0.0475. The lowest BCUT2D eigenvalue weighted by Gasteiger charge is -2.11. The highest BCUT2D eigenvalue weighted by Crippen LogP contribution is 2.23. The van der Waals surface area contributed by atoms with Crippen molar-refractivity contribution in [1.29, 1.82) is 0 Å². The van der Waals surface area contributed by atoms with Crippen LogP contribution in [0.5, 0.6) is 0 Å². The number of hydrogen-bond donors (Lipinski definition) is 3. The maximum absolute atomic E-state index is 5.30. The van der Waals surface area contributed by atoms with Crippen LogP contribution in [-0.2, 0) is 0 Å². The number of halogens is 1. The standard InChI is InChI=1S/C6H10BrN3S/c1-9-6(10-8)5-2-4(7)3-11-5/h2-3,6,9-10H,8H2,1H3. The van der Waals surface area contributed by atoms with Crippen LogP contribution in [0.15, 0.2) is 15.9 Å². The number of hydrazine groups is 1. The fourth-order valence-corrected chi connectivity index (χ4v) is 2.30. The van der Waals surface area contributed by atoms with Gasteiger partial charge in [0.1, 0.15) is 6.17 Å². The molecule has 0 radical (unpaired) electrons. The summed E-state index contributed by atoms with van der Waals surface area (Å²) in [6.07, 6.45) is 0.0475. The first-order chi connectivity index (χ1) is 5.27. The zero-order valence-corrected chi connectivity index (χ0v) is 8.50. The monoisotopic (exact) mass is 235 g/mol. The lowest BCUT2D eigenvalue weighted by molar-refractivity contribution is 0.496. The molecule has 0 aliphatic carbocycles. The Kier molecular flexibility index (Phi) is 3.47. The maximum atomic E-state index is 5.30. The fourth-order valence-electron chi connectivity index (χ4n) is 0.787. The van der Waals surface area contributed by atoms with Crippen LogP contribution >= 0.6 is 27.3 Å². The van der Waals surface area contributed by atoms with Gasteiger partial charge in [-0.2, -0.15) is 0 Å². The van der Waals surface area contributed by atoms with E-state index in [1.165, 1.54) is 4.88 Å². The first kappa shape index (κ1) is 9.15. The third-order valence-electron chi connectivity index (χ3n) is 1.33. The van der Waals surface area contributed by atoms with Crippen LogP contribution in [0, 0.1) is 0 Å². The lowest BCUT2D eigenvalue weighted by Crippen LogP contribution is -2.35. The number of rotatable bonds is 3. The maximum Gasteiger partial charge on any atom is 0.105 e. The molecule has 1 aromatic heterocycles. The zero-order valence-electron chi connectivity index (χ0n) is 6.10. The number of nitrogens with two attached hydrogens (primary N) is 1. The minimum Gasteiger partial charge on any atom is -0.300 e. The van der Waals surface area contributed by atoms with E-state index in [0.717, 1.165) is 4.47 Å². The molecule has 0 spiro atoms. The van der Waals surface area contributed by atoms with Gasteiger partial charge in [0.05, 0.1) is 0 Å². The van der Waals surface area contributed by atoms with Crippen LogP contribution in [0.1, 0.15) is 11.0 Å². The summed E-state index contributed by atoms with van der Waals surface area (Å²) in [6.45, 7) is 0. The Morgan fingerprint density at radius 3 is 2.82 bits per heavy atom. The van der Waals surface area contributed by atoms with E-state index in [-0.39, 0.29) is 6.17 Å². The van der Waals surface area contributed by atoms with Gasteiger partial charge in [0, 0.05) is 14.7 Å². The predicted molar refractivity (Wildman–Crippen MR) is 51.1 cm³/mol. The second kappa shape index (κ2) is 4.18. The summed E-state index contributed by atoms with van der Waals surface area (Å²) in [5.74, 6) is 5.30. The summed E-state index contributed by atoms with van der Waals surface area (Å²) in [7, 11) is 1.86. The van der Waals surface area contributed by atoms with Crippen LogP contribution in [0.25, 0.3) is 0 Å². The normalized spacial score (nSPS) is 13.4. The highest BCUT2D eigenvalue weighted by atomic mass is 79.9. The largest absolute Gasteiger partial charge is 0.300 e. The molecule has 0 aromatic carbocycles. The molecule has 4 N–H and O–H groups in total.